The molecule has 29 heavy (non-hydrogen) atoms. The van der Waals surface area contributed by atoms with Crippen molar-refractivity contribution in [2.75, 3.05) is 12.0 Å². The van der Waals surface area contributed by atoms with Gasteiger partial charge in [0.05, 0.1) is 19.2 Å². The Labute approximate surface area is 175 Å². The Bertz CT molecular complexity index is 1020. The first-order valence-corrected chi connectivity index (χ1v) is 10.00. The number of halogens is 1. The first-order valence-electron chi connectivity index (χ1n) is 9.62. The lowest BCUT2D eigenvalue weighted by atomic mass is 9.91. The average molecular weight is 411 g/mol. The minimum atomic E-state index is -0.186. The highest BCUT2D eigenvalue weighted by atomic mass is 35.5. The molecule has 1 aliphatic heterocycles. The van der Waals surface area contributed by atoms with Crippen LogP contribution in [0.4, 0.5) is 5.95 Å². The van der Waals surface area contributed by atoms with Gasteiger partial charge in [-0.25, -0.2) is 4.68 Å². The predicted molar refractivity (Wildman–Crippen MR) is 112 cm³/mol. The Morgan fingerprint density at radius 1 is 1.14 bits per heavy atom. The number of rotatable bonds is 4. The quantitative estimate of drug-likeness (QED) is 0.627. The van der Waals surface area contributed by atoms with E-state index >= 15 is 0 Å². The number of benzene rings is 2. The number of ether oxygens (including phenoxy) is 1. The summed E-state index contributed by atoms with van der Waals surface area (Å²) < 4.78 is 7.10. The summed E-state index contributed by atoms with van der Waals surface area (Å²) in [6.07, 6.45) is 2.14. The number of nitrogens with zero attached hydrogens (tertiary/aromatic N) is 4. The first-order chi connectivity index (χ1) is 14.0. The molecule has 1 aromatic heterocycles. The molecule has 0 fully saturated rings. The van der Waals surface area contributed by atoms with Gasteiger partial charge in [0, 0.05) is 10.9 Å². The normalized spacial score (nSPS) is 18.6. The molecule has 0 unspecified atom stereocenters. The number of fused-ring (bicyclic) bond motifs is 1. The van der Waals surface area contributed by atoms with E-state index in [1.807, 2.05) is 67.1 Å². The highest BCUT2D eigenvalue weighted by Crippen LogP contribution is 2.44. The zero-order chi connectivity index (χ0) is 20.5. The highest BCUT2D eigenvalue weighted by molar-refractivity contribution is 6.31. The maximum absolute atomic E-state index is 13.2. The van der Waals surface area contributed by atoms with Gasteiger partial charge >= 0.3 is 0 Å². The molecule has 3 aromatic rings. The maximum Gasteiger partial charge on any atom is 0.232 e. The second-order valence-electron chi connectivity index (χ2n) is 7.43. The molecular formula is C22H23ClN4O2. The van der Waals surface area contributed by atoms with E-state index < -0.39 is 0 Å². The number of amides is 1. The van der Waals surface area contributed by atoms with E-state index in [2.05, 4.69) is 10.1 Å². The molecule has 150 valence electrons. The number of carbonyl (C=O) groups is 1. The zero-order valence-corrected chi connectivity index (χ0v) is 17.4. The van der Waals surface area contributed by atoms with Crippen molar-refractivity contribution < 1.29 is 9.53 Å². The van der Waals surface area contributed by atoms with Crippen LogP contribution in [-0.4, -0.2) is 27.8 Å². The second-order valence-corrected chi connectivity index (χ2v) is 7.84. The fourth-order valence-electron chi connectivity index (χ4n) is 3.84. The van der Waals surface area contributed by atoms with E-state index in [0.717, 1.165) is 16.9 Å². The maximum atomic E-state index is 13.2. The van der Waals surface area contributed by atoms with E-state index in [1.165, 1.54) is 6.33 Å². The largest absolute Gasteiger partial charge is 0.497 e. The Balaban J connectivity index is 1.85. The fraction of sp³-hybridized carbons (Fsp3) is 0.318. The molecule has 0 aliphatic carbocycles. The van der Waals surface area contributed by atoms with Crippen LogP contribution in [0.3, 0.4) is 0 Å². The lowest BCUT2D eigenvalue weighted by Crippen LogP contribution is -2.44. The minimum Gasteiger partial charge on any atom is -0.497 e. The molecule has 2 heterocycles. The monoisotopic (exact) mass is 410 g/mol. The van der Waals surface area contributed by atoms with E-state index in [4.69, 9.17) is 16.3 Å². The van der Waals surface area contributed by atoms with Crippen LogP contribution in [0.15, 0.2) is 54.9 Å². The van der Waals surface area contributed by atoms with E-state index in [9.17, 15) is 4.79 Å². The summed E-state index contributed by atoms with van der Waals surface area (Å²) in [5.41, 5.74) is 1.99. The first kappa shape index (κ1) is 19.5. The van der Waals surface area contributed by atoms with Gasteiger partial charge in [-0.3, -0.25) is 9.69 Å². The van der Waals surface area contributed by atoms with Crippen molar-refractivity contribution >= 4 is 23.5 Å². The van der Waals surface area contributed by atoms with Gasteiger partial charge in [-0.2, -0.15) is 10.1 Å². The molecule has 0 N–H and O–H groups in total. The molecule has 0 spiro atoms. The lowest BCUT2D eigenvalue weighted by molar-refractivity contribution is -0.122. The van der Waals surface area contributed by atoms with Crippen LogP contribution in [0, 0.1) is 5.92 Å². The van der Waals surface area contributed by atoms with Crippen molar-refractivity contribution in [3.05, 3.63) is 71.0 Å². The van der Waals surface area contributed by atoms with Crippen LogP contribution >= 0.6 is 11.6 Å². The third-order valence-electron chi connectivity index (χ3n) is 5.32. The van der Waals surface area contributed by atoms with Crippen molar-refractivity contribution in [1.29, 1.82) is 0 Å². The summed E-state index contributed by atoms with van der Waals surface area (Å²) >= 11 is 6.52. The molecule has 2 aromatic carbocycles. The third kappa shape index (κ3) is 3.49. The Morgan fingerprint density at radius 2 is 1.86 bits per heavy atom. The van der Waals surface area contributed by atoms with Crippen LogP contribution in [0.5, 0.6) is 5.75 Å². The number of hydrogen-bond donors (Lipinski definition) is 0. The summed E-state index contributed by atoms with van der Waals surface area (Å²) in [7, 11) is 1.64. The Hall–Kier alpha value is -2.86. The fourth-order valence-corrected chi connectivity index (χ4v) is 4.10. The second kappa shape index (κ2) is 7.87. The van der Waals surface area contributed by atoms with E-state index in [1.54, 1.807) is 12.0 Å². The van der Waals surface area contributed by atoms with Crippen LogP contribution in [-0.2, 0) is 4.79 Å². The van der Waals surface area contributed by atoms with Crippen LogP contribution in [0.1, 0.15) is 43.5 Å². The molecular weight excluding hydrogens is 388 g/mol. The van der Waals surface area contributed by atoms with Gasteiger partial charge in [-0.15, -0.1) is 0 Å². The smallest absolute Gasteiger partial charge is 0.232 e. The van der Waals surface area contributed by atoms with Crippen molar-refractivity contribution in [3.63, 3.8) is 0 Å². The third-order valence-corrected chi connectivity index (χ3v) is 5.66. The number of anilines is 1. The highest BCUT2D eigenvalue weighted by Gasteiger charge is 2.40. The standard InChI is InChI=1S/C22H23ClN4O2/c1-14(2)21(28)26-19(15-8-10-16(29-3)11-9-15)12-20(27-22(26)24-13-25-27)17-6-4-5-7-18(17)23/h4-11,13-14,19-20H,12H2,1-3H3/t19-,20+/m1/s1. The average Bonchev–Trinajstić information content (AvgIpc) is 3.22. The molecule has 6 nitrogen and oxygen atoms in total. The van der Waals surface area contributed by atoms with Crippen molar-refractivity contribution in [2.24, 2.45) is 5.92 Å². The molecule has 0 radical (unpaired) electrons. The predicted octanol–water partition coefficient (Wildman–Crippen LogP) is 4.66. The minimum absolute atomic E-state index is 0.0117. The van der Waals surface area contributed by atoms with Gasteiger partial charge in [0.2, 0.25) is 11.9 Å². The number of methoxy groups -OCH3 is 1. The van der Waals surface area contributed by atoms with Gasteiger partial charge in [-0.05, 0) is 35.7 Å². The summed E-state index contributed by atoms with van der Waals surface area (Å²) in [6.45, 7) is 3.79. The van der Waals surface area contributed by atoms with Crippen LogP contribution < -0.4 is 9.64 Å². The molecule has 1 amide bonds. The van der Waals surface area contributed by atoms with Crippen molar-refractivity contribution in [1.82, 2.24) is 14.8 Å². The van der Waals surface area contributed by atoms with Crippen molar-refractivity contribution in [2.45, 2.75) is 32.4 Å². The molecule has 1 aliphatic rings. The molecule has 0 saturated carbocycles. The zero-order valence-electron chi connectivity index (χ0n) is 16.6. The summed E-state index contributed by atoms with van der Waals surface area (Å²) in [4.78, 5) is 19.4. The van der Waals surface area contributed by atoms with E-state index in [0.29, 0.717) is 17.4 Å². The van der Waals surface area contributed by atoms with Crippen LogP contribution in [0.25, 0.3) is 0 Å². The van der Waals surface area contributed by atoms with Gasteiger partial charge in [0.15, 0.2) is 0 Å². The number of hydrogen-bond acceptors (Lipinski definition) is 4. The Kier molecular flexibility index (Phi) is 5.28. The Morgan fingerprint density at radius 3 is 2.52 bits per heavy atom. The van der Waals surface area contributed by atoms with Gasteiger partial charge < -0.3 is 4.74 Å². The van der Waals surface area contributed by atoms with Gasteiger partial charge in [-0.1, -0.05) is 55.8 Å². The summed E-state index contributed by atoms with van der Waals surface area (Å²) in [5, 5.41) is 5.11. The molecule has 2 atom stereocenters. The van der Waals surface area contributed by atoms with E-state index in [-0.39, 0.29) is 23.9 Å². The number of aromatic nitrogens is 3. The van der Waals surface area contributed by atoms with Gasteiger partial charge in [0.25, 0.3) is 0 Å². The molecule has 0 bridgehead atoms. The van der Waals surface area contributed by atoms with Crippen LogP contribution in [0.2, 0.25) is 5.02 Å². The molecule has 0 saturated heterocycles. The van der Waals surface area contributed by atoms with Gasteiger partial charge in [0.1, 0.15) is 12.1 Å². The lowest BCUT2D eigenvalue weighted by Gasteiger charge is -2.40. The summed E-state index contributed by atoms with van der Waals surface area (Å²) in [5.74, 6) is 1.16. The molecule has 7 heteroatoms. The molecule has 4 rings (SSSR count). The topological polar surface area (TPSA) is 60.2 Å². The summed E-state index contributed by atoms with van der Waals surface area (Å²) in [6, 6.07) is 15.3. The number of carbonyl (C=O) groups excluding carboxylic acids is 1. The van der Waals surface area contributed by atoms with Crippen molar-refractivity contribution in [3.8, 4) is 5.75 Å². The SMILES string of the molecule is COc1ccc([C@H]2C[C@@H](c3ccccc3Cl)n3ncnc3N2C(=O)C(C)C)cc1.